The van der Waals surface area contributed by atoms with Crippen LogP contribution >= 0.6 is 27.5 Å². The largest absolute Gasteiger partial charge is 0.355 e. The average Bonchev–Trinajstić information content (AvgIpc) is 2.49. The van der Waals surface area contributed by atoms with Gasteiger partial charge in [-0.05, 0) is 46.3 Å². The number of carbonyl (C=O) groups is 2. The minimum Gasteiger partial charge on any atom is -0.355 e. The van der Waals surface area contributed by atoms with Gasteiger partial charge in [0.15, 0.2) is 0 Å². The van der Waals surface area contributed by atoms with Crippen molar-refractivity contribution in [3.63, 3.8) is 0 Å². The van der Waals surface area contributed by atoms with Crippen LogP contribution in [0.5, 0.6) is 0 Å². The van der Waals surface area contributed by atoms with Crippen molar-refractivity contribution in [1.29, 1.82) is 0 Å². The summed E-state index contributed by atoms with van der Waals surface area (Å²) in [7, 11) is 1.54. The molecule has 2 aromatic rings. The zero-order chi connectivity index (χ0) is 15.4. The van der Waals surface area contributed by atoms with Crippen LogP contribution in [0.3, 0.4) is 0 Å². The second-order valence-electron chi connectivity index (χ2n) is 4.21. The molecular formula is C15H12BrClN2O2. The molecule has 0 aromatic heterocycles. The van der Waals surface area contributed by atoms with E-state index in [1.54, 1.807) is 30.3 Å². The van der Waals surface area contributed by atoms with Crippen LogP contribution in [0.2, 0.25) is 5.02 Å². The molecular weight excluding hydrogens is 356 g/mol. The standard InChI is InChI=1S/C15H12BrClN2O2/c1-18-14(20)9-6-7-12(17)13(8-9)19-15(21)10-4-2-3-5-11(10)16/h2-8H,1H3,(H,18,20)(H,19,21). The third-order valence-corrected chi connectivity index (χ3v) is 3.84. The molecule has 0 unspecified atom stereocenters. The minimum atomic E-state index is -0.307. The molecule has 108 valence electrons. The van der Waals surface area contributed by atoms with Gasteiger partial charge in [-0.2, -0.15) is 0 Å². The van der Waals surface area contributed by atoms with Crippen LogP contribution in [-0.2, 0) is 0 Å². The Balaban J connectivity index is 2.29. The Hall–Kier alpha value is -1.85. The van der Waals surface area contributed by atoms with E-state index in [-0.39, 0.29) is 11.8 Å². The number of benzene rings is 2. The molecule has 0 aliphatic carbocycles. The van der Waals surface area contributed by atoms with Gasteiger partial charge in [0, 0.05) is 17.1 Å². The molecule has 21 heavy (non-hydrogen) atoms. The van der Waals surface area contributed by atoms with Crippen LogP contribution in [0.15, 0.2) is 46.9 Å². The highest BCUT2D eigenvalue weighted by Gasteiger charge is 2.13. The molecule has 2 N–H and O–H groups in total. The summed E-state index contributed by atoms with van der Waals surface area (Å²) >= 11 is 9.38. The van der Waals surface area contributed by atoms with Crippen molar-refractivity contribution in [3.05, 3.63) is 63.1 Å². The third-order valence-electron chi connectivity index (χ3n) is 2.82. The Morgan fingerprint density at radius 1 is 1.10 bits per heavy atom. The summed E-state index contributed by atoms with van der Waals surface area (Å²) < 4.78 is 0.682. The number of hydrogen-bond acceptors (Lipinski definition) is 2. The maximum Gasteiger partial charge on any atom is 0.256 e. The van der Waals surface area contributed by atoms with Crippen molar-refractivity contribution in [3.8, 4) is 0 Å². The van der Waals surface area contributed by atoms with Crippen molar-refractivity contribution in [2.24, 2.45) is 0 Å². The zero-order valence-electron chi connectivity index (χ0n) is 11.1. The second-order valence-corrected chi connectivity index (χ2v) is 5.47. The minimum absolute atomic E-state index is 0.247. The topological polar surface area (TPSA) is 58.2 Å². The Kier molecular flexibility index (Phi) is 4.98. The van der Waals surface area contributed by atoms with Crippen LogP contribution in [0.1, 0.15) is 20.7 Å². The maximum absolute atomic E-state index is 12.2. The van der Waals surface area contributed by atoms with Gasteiger partial charge in [0.05, 0.1) is 16.3 Å². The third kappa shape index (κ3) is 3.62. The predicted molar refractivity (Wildman–Crippen MR) is 86.9 cm³/mol. The molecule has 0 atom stereocenters. The fourth-order valence-corrected chi connectivity index (χ4v) is 2.37. The van der Waals surface area contributed by atoms with E-state index in [1.807, 2.05) is 6.07 Å². The number of carbonyl (C=O) groups excluding carboxylic acids is 2. The zero-order valence-corrected chi connectivity index (χ0v) is 13.5. The van der Waals surface area contributed by atoms with Crippen molar-refractivity contribution in [1.82, 2.24) is 5.32 Å². The normalized spacial score (nSPS) is 10.0. The van der Waals surface area contributed by atoms with Gasteiger partial charge in [-0.3, -0.25) is 9.59 Å². The molecule has 6 heteroatoms. The van der Waals surface area contributed by atoms with E-state index in [0.29, 0.717) is 26.3 Å². The summed E-state index contributed by atoms with van der Waals surface area (Å²) in [5.41, 5.74) is 1.29. The molecule has 0 aliphatic rings. The van der Waals surface area contributed by atoms with Gasteiger partial charge >= 0.3 is 0 Å². The summed E-state index contributed by atoms with van der Waals surface area (Å²) in [5, 5.41) is 5.59. The van der Waals surface area contributed by atoms with Crippen LogP contribution in [0.25, 0.3) is 0 Å². The lowest BCUT2D eigenvalue weighted by Crippen LogP contribution is -2.18. The van der Waals surface area contributed by atoms with Gasteiger partial charge in [0.1, 0.15) is 0 Å². The molecule has 2 rings (SSSR count). The first kappa shape index (κ1) is 15.5. The van der Waals surface area contributed by atoms with Gasteiger partial charge in [0.25, 0.3) is 11.8 Å². The van der Waals surface area contributed by atoms with Crippen LogP contribution in [-0.4, -0.2) is 18.9 Å². The van der Waals surface area contributed by atoms with E-state index in [2.05, 4.69) is 26.6 Å². The van der Waals surface area contributed by atoms with Gasteiger partial charge in [-0.1, -0.05) is 23.7 Å². The van der Waals surface area contributed by atoms with E-state index in [1.165, 1.54) is 13.1 Å². The number of hydrogen-bond donors (Lipinski definition) is 2. The molecule has 0 radical (unpaired) electrons. The first-order chi connectivity index (χ1) is 10.0. The quantitative estimate of drug-likeness (QED) is 0.869. The van der Waals surface area contributed by atoms with E-state index < -0.39 is 0 Å². The van der Waals surface area contributed by atoms with Gasteiger partial charge in [-0.25, -0.2) is 0 Å². The molecule has 0 fully saturated rings. The fraction of sp³-hybridized carbons (Fsp3) is 0.0667. The summed E-state index contributed by atoms with van der Waals surface area (Å²) in [4.78, 5) is 23.8. The highest BCUT2D eigenvalue weighted by Crippen LogP contribution is 2.25. The average molecular weight is 368 g/mol. The van der Waals surface area contributed by atoms with Crippen molar-refractivity contribution >= 4 is 45.0 Å². The lowest BCUT2D eigenvalue weighted by molar-refractivity contribution is 0.0961. The van der Waals surface area contributed by atoms with Gasteiger partial charge in [0.2, 0.25) is 0 Å². The maximum atomic E-state index is 12.2. The van der Waals surface area contributed by atoms with Crippen molar-refractivity contribution in [2.45, 2.75) is 0 Å². The Bertz CT molecular complexity index is 704. The van der Waals surface area contributed by atoms with E-state index >= 15 is 0 Å². The number of halogens is 2. The summed E-state index contributed by atoms with van der Waals surface area (Å²) in [6, 6.07) is 11.8. The van der Waals surface area contributed by atoms with Crippen LogP contribution in [0, 0.1) is 0 Å². The predicted octanol–water partition coefficient (Wildman–Crippen LogP) is 3.71. The lowest BCUT2D eigenvalue weighted by Gasteiger charge is -2.10. The molecule has 4 nitrogen and oxygen atoms in total. The molecule has 0 saturated heterocycles. The first-order valence-electron chi connectivity index (χ1n) is 6.10. The Labute approximate surface area is 135 Å². The summed E-state index contributed by atoms with van der Waals surface area (Å²) in [6.45, 7) is 0. The Morgan fingerprint density at radius 2 is 1.81 bits per heavy atom. The van der Waals surface area contributed by atoms with Crippen molar-refractivity contribution in [2.75, 3.05) is 12.4 Å². The lowest BCUT2D eigenvalue weighted by atomic mass is 10.1. The SMILES string of the molecule is CNC(=O)c1ccc(Cl)c(NC(=O)c2ccccc2Br)c1. The summed E-state index contributed by atoms with van der Waals surface area (Å²) in [6.07, 6.45) is 0. The highest BCUT2D eigenvalue weighted by atomic mass is 79.9. The molecule has 0 saturated carbocycles. The Morgan fingerprint density at radius 3 is 2.48 bits per heavy atom. The molecule has 0 aliphatic heterocycles. The fourth-order valence-electron chi connectivity index (χ4n) is 1.74. The number of rotatable bonds is 3. The van der Waals surface area contributed by atoms with Gasteiger partial charge < -0.3 is 10.6 Å². The molecule has 2 amide bonds. The highest BCUT2D eigenvalue weighted by molar-refractivity contribution is 9.10. The van der Waals surface area contributed by atoms with E-state index in [9.17, 15) is 9.59 Å². The van der Waals surface area contributed by atoms with Crippen molar-refractivity contribution < 1.29 is 9.59 Å². The van der Waals surface area contributed by atoms with E-state index in [4.69, 9.17) is 11.6 Å². The first-order valence-corrected chi connectivity index (χ1v) is 7.27. The number of nitrogens with one attached hydrogen (secondary N) is 2. The van der Waals surface area contributed by atoms with E-state index in [0.717, 1.165) is 0 Å². The number of anilines is 1. The van der Waals surface area contributed by atoms with Crippen LogP contribution in [0.4, 0.5) is 5.69 Å². The molecule has 0 heterocycles. The van der Waals surface area contributed by atoms with Crippen LogP contribution < -0.4 is 10.6 Å². The number of amides is 2. The monoisotopic (exact) mass is 366 g/mol. The molecule has 0 bridgehead atoms. The summed E-state index contributed by atoms with van der Waals surface area (Å²) in [5.74, 6) is -0.554. The molecule has 2 aromatic carbocycles. The van der Waals surface area contributed by atoms with Gasteiger partial charge in [-0.15, -0.1) is 0 Å². The second kappa shape index (κ2) is 6.74. The smallest absolute Gasteiger partial charge is 0.256 e. The molecule has 0 spiro atoms.